The summed E-state index contributed by atoms with van der Waals surface area (Å²) < 4.78 is 5.68. The first-order valence-corrected chi connectivity index (χ1v) is 6.67. The maximum Gasteiger partial charge on any atom is 0.146 e. The van der Waals surface area contributed by atoms with E-state index in [1.54, 1.807) is 12.4 Å². The fourth-order valence-corrected chi connectivity index (χ4v) is 1.55. The number of aromatic nitrogens is 1. The van der Waals surface area contributed by atoms with Crippen LogP contribution in [0.25, 0.3) is 0 Å². The summed E-state index contributed by atoms with van der Waals surface area (Å²) in [5, 5.41) is 4.16. The van der Waals surface area contributed by atoms with Gasteiger partial charge in [-0.15, -0.1) is 0 Å². The molecular formula is C16H19N3O. The third kappa shape index (κ3) is 4.72. The second-order valence-corrected chi connectivity index (χ2v) is 4.86. The number of anilines is 1. The molecule has 1 aromatic carbocycles. The molecule has 1 heterocycles. The smallest absolute Gasteiger partial charge is 0.146 e. The molecule has 20 heavy (non-hydrogen) atoms. The van der Waals surface area contributed by atoms with Crippen molar-refractivity contribution in [1.29, 1.82) is 0 Å². The summed E-state index contributed by atoms with van der Waals surface area (Å²) >= 11 is 0. The predicted octanol–water partition coefficient (Wildman–Crippen LogP) is 3.56. The zero-order chi connectivity index (χ0) is 14.2. The molecule has 0 atom stereocenters. The molecule has 0 aliphatic heterocycles. The van der Waals surface area contributed by atoms with Crippen molar-refractivity contribution in [3.63, 3.8) is 0 Å². The van der Waals surface area contributed by atoms with Gasteiger partial charge in [-0.25, -0.2) is 4.98 Å². The molecule has 0 unspecified atom stereocenters. The highest BCUT2D eigenvalue weighted by Crippen LogP contribution is 2.13. The summed E-state index contributed by atoms with van der Waals surface area (Å²) in [4.78, 5) is 4.13. The van der Waals surface area contributed by atoms with Gasteiger partial charge in [-0.1, -0.05) is 32.0 Å². The highest BCUT2D eigenvalue weighted by atomic mass is 16.5. The van der Waals surface area contributed by atoms with Crippen LogP contribution < -0.4 is 10.2 Å². The summed E-state index contributed by atoms with van der Waals surface area (Å²) in [6, 6.07) is 13.5. The summed E-state index contributed by atoms with van der Waals surface area (Å²) in [6.45, 7) is 4.97. The summed E-state index contributed by atoms with van der Waals surface area (Å²) in [7, 11) is 0. The molecule has 4 heteroatoms. The third-order valence-electron chi connectivity index (χ3n) is 2.50. The van der Waals surface area contributed by atoms with Crippen molar-refractivity contribution in [1.82, 2.24) is 4.98 Å². The highest BCUT2D eigenvalue weighted by Gasteiger charge is 1.97. The van der Waals surface area contributed by atoms with Gasteiger partial charge in [0.2, 0.25) is 0 Å². The van der Waals surface area contributed by atoms with Gasteiger partial charge in [-0.2, -0.15) is 5.10 Å². The molecule has 1 aromatic heterocycles. The van der Waals surface area contributed by atoms with Crippen LogP contribution >= 0.6 is 0 Å². The molecule has 2 aromatic rings. The first-order chi connectivity index (χ1) is 9.74. The zero-order valence-electron chi connectivity index (χ0n) is 11.8. The van der Waals surface area contributed by atoms with Gasteiger partial charge in [-0.3, -0.25) is 5.43 Å². The Kier molecular flexibility index (Phi) is 5.12. The molecular weight excluding hydrogens is 250 g/mol. The normalized spacial score (nSPS) is 10.9. The Morgan fingerprint density at radius 1 is 1.25 bits per heavy atom. The number of nitrogens with one attached hydrogen (secondary N) is 1. The number of hydrazone groups is 1. The predicted molar refractivity (Wildman–Crippen MR) is 82.2 cm³/mol. The van der Waals surface area contributed by atoms with Crippen molar-refractivity contribution in [2.45, 2.75) is 13.8 Å². The minimum Gasteiger partial charge on any atom is -0.493 e. The number of ether oxygens (including phenoxy) is 1. The van der Waals surface area contributed by atoms with Crippen molar-refractivity contribution in [3.8, 4) is 5.75 Å². The SMILES string of the molecule is CC(C)COc1cccc(/C=N/Nc2ccccn2)c1. The Bertz CT molecular complexity index is 553. The lowest BCUT2D eigenvalue weighted by atomic mass is 10.2. The second-order valence-electron chi connectivity index (χ2n) is 4.86. The van der Waals surface area contributed by atoms with E-state index in [2.05, 4.69) is 29.4 Å². The Balaban J connectivity index is 1.93. The van der Waals surface area contributed by atoms with E-state index in [1.807, 2.05) is 42.5 Å². The van der Waals surface area contributed by atoms with Gasteiger partial charge >= 0.3 is 0 Å². The number of pyridine rings is 1. The van der Waals surface area contributed by atoms with E-state index in [9.17, 15) is 0 Å². The van der Waals surface area contributed by atoms with Gasteiger partial charge in [0.05, 0.1) is 12.8 Å². The molecule has 0 aliphatic carbocycles. The molecule has 0 fully saturated rings. The summed E-state index contributed by atoms with van der Waals surface area (Å²) in [6.07, 6.45) is 3.47. The lowest BCUT2D eigenvalue weighted by Crippen LogP contribution is -2.04. The number of hydrogen-bond acceptors (Lipinski definition) is 4. The fraction of sp³-hybridized carbons (Fsp3) is 0.250. The minimum absolute atomic E-state index is 0.512. The Hall–Kier alpha value is -2.36. The summed E-state index contributed by atoms with van der Waals surface area (Å²) in [5.74, 6) is 2.09. The molecule has 0 saturated heterocycles. The standard InChI is InChI=1S/C16H19N3O/c1-13(2)12-20-15-7-5-6-14(10-15)11-18-19-16-8-3-4-9-17-16/h3-11,13H,12H2,1-2H3,(H,17,19)/b18-11+. The van der Waals surface area contributed by atoms with Crippen LogP contribution in [0, 0.1) is 5.92 Å². The molecule has 0 saturated carbocycles. The van der Waals surface area contributed by atoms with Gasteiger partial charge in [0.15, 0.2) is 0 Å². The van der Waals surface area contributed by atoms with E-state index in [0.29, 0.717) is 12.5 Å². The van der Waals surface area contributed by atoms with Crippen molar-refractivity contribution in [2.24, 2.45) is 11.0 Å². The molecule has 0 amide bonds. The average Bonchev–Trinajstić information content (AvgIpc) is 2.47. The van der Waals surface area contributed by atoms with E-state index in [4.69, 9.17) is 4.74 Å². The second kappa shape index (κ2) is 7.28. The Morgan fingerprint density at radius 2 is 2.15 bits per heavy atom. The van der Waals surface area contributed by atoms with Crippen LogP contribution in [0.2, 0.25) is 0 Å². The summed E-state index contributed by atoms with van der Waals surface area (Å²) in [5.41, 5.74) is 3.86. The molecule has 0 aliphatic rings. The Labute approximate surface area is 119 Å². The zero-order valence-corrected chi connectivity index (χ0v) is 11.8. The molecule has 104 valence electrons. The van der Waals surface area contributed by atoms with E-state index < -0.39 is 0 Å². The lowest BCUT2D eigenvalue weighted by molar-refractivity contribution is 0.271. The fourth-order valence-electron chi connectivity index (χ4n) is 1.55. The Morgan fingerprint density at radius 3 is 2.90 bits per heavy atom. The largest absolute Gasteiger partial charge is 0.493 e. The van der Waals surface area contributed by atoms with Crippen molar-refractivity contribution >= 4 is 12.0 Å². The van der Waals surface area contributed by atoms with Crippen LogP contribution in [0.15, 0.2) is 53.8 Å². The van der Waals surface area contributed by atoms with Crippen LogP contribution in [0.3, 0.4) is 0 Å². The average molecular weight is 269 g/mol. The van der Waals surface area contributed by atoms with Crippen LogP contribution in [-0.2, 0) is 0 Å². The molecule has 4 nitrogen and oxygen atoms in total. The highest BCUT2D eigenvalue weighted by molar-refractivity contribution is 5.80. The monoisotopic (exact) mass is 269 g/mol. The van der Waals surface area contributed by atoms with Crippen LogP contribution in [-0.4, -0.2) is 17.8 Å². The number of nitrogens with zero attached hydrogens (tertiary/aromatic N) is 2. The third-order valence-corrected chi connectivity index (χ3v) is 2.50. The first kappa shape index (κ1) is 14.1. The van der Waals surface area contributed by atoms with Gasteiger partial charge < -0.3 is 4.74 Å². The maximum absolute atomic E-state index is 5.68. The number of benzene rings is 1. The molecule has 0 bridgehead atoms. The van der Waals surface area contributed by atoms with E-state index in [0.717, 1.165) is 17.1 Å². The van der Waals surface area contributed by atoms with Crippen LogP contribution in [0.4, 0.5) is 5.82 Å². The van der Waals surface area contributed by atoms with Gasteiger partial charge in [0.25, 0.3) is 0 Å². The molecule has 2 rings (SSSR count). The number of rotatable bonds is 6. The quantitative estimate of drug-likeness (QED) is 0.644. The molecule has 1 N–H and O–H groups in total. The number of hydrogen-bond donors (Lipinski definition) is 1. The minimum atomic E-state index is 0.512. The van der Waals surface area contributed by atoms with Crippen LogP contribution in [0.1, 0.15) is 19.4 Å². The molecule has 0 radical (unpaired) electrons. The maximum atomic E-state index is 5.68. The van der Waals surface area contributed by atoms with Crippen LogP contribution in [0.5, 0.6) is 5.75 Å². The van der Waals surface area contributed by atoms with Crippen molar-refractivity contribution in [3.05, 3.63) is 54.2 Å². The van der Waals surface area contributed by atoms with Gasteiger partial charge in [-0.05, 0) is 35.7 Å². The van der Waals surface area contributed by atoms with Gasteiger partial charge in [0, 0.05) is 6.20 Å². The van der Waals surface area contributed by atoms with Gasteiger partial charge in [0.1, 0.15) is 11.6 Å². The topological polar surface area (TPSA) is 46.5 Å². The van der Waals surface area contributed by atoms with E-state index >= 15 is 0 Å². The first-order valence-electron chi connectivity index (χ1n) is 6.67. The van der Waals surface area contributed by atoms with E-state index in [-0.39, 0.29) is 0 Å². The molecule has 0 spiro atoms. The van der Waals surface area contributed by atoms with E-state index in [1.165, 1.54) is 0 Å². The lowest BCUT2D eigenvalue weighted by Gasteiger charge is -2.08. The van der Waals surface area contributed by atoms with Crippen molar-refractivity contribution < 1.29 is 4.74 Å². The van der Waals surface area contributed by atoms with Crippen molar-refractivity contribution in [2.75, 3.05) is 12.0 Å².